The number of halogens is 1. The molecule has 0 aliphatic rings. The lowest BCUT2D eigenvalue weighted by Crippen LogP contribution is -1.99. The third kappa shape index (κ3) is 2.55. The SMILES string of the molecule is COc1ccc(-n2c(C)ccc2-c2ccc(F)cc2)cc1. The number of hydrogen-bond acceptors (Lipinski definition) is 1. The Bertz CT molecular complexity index is 742. The Morgan fingerprint density at radius 1 is 0.857 bits per heavy atom. The fraction of sp³-hybridized carbons (Fsp3) is 0.111. The summed E-state index contributed by atoms with van der Waals surface area (Å²) in [6, 6.07) is 18.6. The summed E-state index contributed by atoms with van der Waals surface area (Å²) in [5.41, 5.74) is 4.20. The van der Waals surface area contributed by atoms with E-state index in [4.69, 9.17) is 4.74 Å². The van der Waals surface area contributed by atoms with Crippen molar-refractivity contribution in [2.45, 2.75) is 6.92 Å². The van der Waals surface area contributed by atoms with Crippen LogP contribution in [0.25, 0.3) is 16.9 Å². The summed E-state index contributed by atoms with van der Waals surface area (Å²) in [7, 11) is 1.65. The Hall–Kier alpha value is -2.55. The molecular weight excluding hydrogens is 265 g/mol. The smallest absolute Gasteiger partial charge is 0.123 e. The van der Waals surface area contributed by atoms with Gasteiger partial charge in [0.15, 0.2) is 0 Å². The molecule has 21 heavy (non-hydrogen) atoms. The predicted molar refractivity (Wildman–Crippen MR) is 82.5 cm³/mol. The van der Waals surface area contributed by atoms with Gasteiger partial charge in [0.05, 0.1) is 12.8 Å². The summed E-state index contributed by atoms with van der Waals surface area (Å²) in [6.45, 7) is 2.05. The fourth-order valence-corrected chi connectivity index (χ4v) is 2.46. The van der Waals surface area contributed by atoms with Crippen molar-refractivity contribution >= 4 is 0 Å². The van der Waals surface area contributed by atoms with Crippen LogP contribution in [0.5, 0.6) is 5.75 Å². The van der Waals surface area contributed by atoms with Crippen molar-refractivity contribution in [1.29, 1.82) is 0 Å². The molecule has 1 aromatic heterocycles. The summed E-state index contributed by atoms with van der Waals surface area (Å²) >= 11 is 0. The van der Waals surface area contributed by atoms with Crippen molar-refractivity contribution in [3.8, 4) is 22.7 Å². The van der Waals surface area contributed by atoms with Crippen LogP contribution < -0.4 is 4.74 Å². The highest BCUT2D eigenvalue weighted by molar-refractivity contribution is 5.64. The number of nitrogens with zero attached hydrogens (tertiary/aromatic N) is 1. The van der Waals surface area contributed by atoms with E-state index in [-0.39, 0.29) is 5.82 Å². The zero-order chi connectivity index (χ0) is 14.8. The van der Waals surface area contributed by atoms with Gasteiger partial charge in [0.2, 0.25) is 0 Å². The average Bonchev–Trinajstić information content (AvgIpc) is 2.90. The first-order valence-electron chi connectivity index (χ1n) is 6.78. The molecule has 3 aromatic rings. The van der Waals surface area contributed by atoms with E-state index < -0.39 is 0 Å². The van der Waals surface area contributed by atoms with Crippen molar-refractivity contribution in [2.75, 3.05) is 7.11 Å². The van der Waals surface area contributed by atoms with Crippen LogP contribution in [0.15, 0.2) is 60.7 Å². The maximum atomic E-state index is 13.1. The van der Waals surface area contributed by atoms with Crippen molar-refractivity contribution in [2.24, 2.45) is 0 Å². The summed E-state index contributed by atoms with van der Waals surface area (Å²) in [5, 5.41) is 0. The molecule has 0 atom stereocenters. The van der Waals surface area contributed by atoms with Crippen LogP contribution >= 0.6 is 0 Å². The maximum Gasteiger partial charge on any atom is 0.123 e. The highest BCUT2D eigenvalue weighted by Crippen LogP contribution is 2.27. The van der Waals surface area contributed by atoms with E-state index in [1.54, 1.807) is 19.2 Å². The van der Waals surface area contributed by atoms with Crippen LogP contribution in [-0.2, 0) is 0 Å². The molecule has 2 nitrogen and oxygen atoms in total. The Morgan fingerprint density at radius 3 is 2.14 bits per heavy atom. The molecule has 3 rings (SSSR count). The molecule has 3 heteroatoms. The molecule has 0 unspecified atom stereocenters. The quantitative estimate of drug-likeness (QED) is 0.684. The van der Waals surface area contributed by atoms with Gasteiger partial charge in [0.1, 0.15) is 11.6 Å². The summed E-state index contributed by atoms with van der Waals surface area (Å²) in [5.74, 6) is 0.602. The minimum absolute atomic E-state index is 0.224. The van der Waals surface area contributed by atoms with E-state index in [0.29, 0.717) is 0 Å². The fourth-order valence-electron chi connectivity index (χ4n) is 2.46. The second-order valence-electron chi connectivity index (χ2n) is 4.90. The second-order valence-corrected chi connectivity index (χ2v) is 4.90. The predicted octanol–water partition coefficient (Wildman–Crippen LogP) is 4.60. The number of benzene rings is 2. The molecule has 0 saturated carbocycles. The third-order valence-corrected chi connectivity index (χ3v) is 3.55. The Balaban J connectivity index is 2.09. The van der Waals surface area contributed by atoms with Gasteiger partial charge in [-0.3, -0.25) is 0 Å². The van der Waals surface area contributed by atoms with E-state index in [1.165, 1.54) is 12.1 Å². The molecule has 0 radical (unpaired) electrons. The molecule has 0 N–H and O–H groups in total. The topological polar surface area (TPSA) is 14.2 Å². The molecule has 106 valence electrons. The van der Waals surface area contributed by atoms with E-state index in [0.717, 1.165) is 28.4 Å². The largest absolute Gasteiger partial charge is 0.497 e. The highest BCUT2D eigenvalue weighted by atomic mass is 19.1. The van der Waals surface area contributed by atoms with E-state index in [9.17, 15) is 4.39 Å². The van der Waals surface area contributed by atoms with Crippen LogP contribution in [0.3, 0.4) is 0 Å². The van der Waals surface area contributed by atoms with E-state index >= 15 is 0 Å². The lowest BCUT2D eigenvalue weighted by Gasteiger charge is -2.12. The Kier molecular flexibility index (Phi) is 3.48. The zero-order valence-corrected chi connectivity index (χ0v) is 12.0. The maximum absolute atomic E-state index is 13.1. The molecule has 0 fully saturated rings. The number of aromatic nitrogens is 1. The van der Waals surface area contributed by atoms with Gasteiger partial charge in [-0.25, -0.2) is 4.39 Å². The van der Waals surface area contributed by atoms with Crippen LogP contribution in [0, 0.1) is 12.7 Å². The van der Waals surface area contributed by atoms with Gasteiger partial charge in [-0.1, -0.05) is 0 Å². The van der Waals surface area contributed by atoms with Crippen molar-refractivity contribution in [3.63, 3.8) is 0 Å². The van der Waals surface area contributed by atoms with Crippen molar-refractivity contribution in [1.82, 2.24) is 4.57 Å². The lowest BCUT2D eigenvalue weighted by atomic mass is 10.1. The van der Waals surface area contributed by atoms with Gasteiger partial charge in [0.25, 0.3) is 0 Å². The molecule has 0 spiro atoms. The summed E-state index contributed by atoms with van der Waals surface area (Å²) in [4.78, 5) is 0. The van der Waals surface area contributed by atoms with Crippen molar-refractivity contribution < 1.29 is 9.13 Å². The van der Waals surface area contributed by atoms with Gasteiger partial charge in [-0.2, -0.15) is 0 Å². The Labute approximate surface area is 123 Å². The van der Waals surface area contributed by atoms with Gasteiger partial charge in [-0.05, 0) is 73.2 Å². The molecule has 1 heterocycles. The minimum atomic E-state index is -0.224. The first-order valence-corrected chi connectivity index (χ1v) is 6.78. The van der Waals surface area contributed by atoms with Crippen LogP contribution in [0.1, 0.15) is 5.69 Å². The molecule has 0 saturated heterocycles. The Morgan fingerprint density at radius 2 is 1.52 bits per heavy atom. The standard InChI is InChI=1S/C18H16FNO/c1-13-3-12-18(14-4-6-15(19)7-5-14)20(13)16-8-10-17(21-2)11-9-16/h3-12H,1-2H3. The van der Waals surface area contributed by atoms with Gasteiger partial charge in [-0.15, -0.1) is 0 Å². The van der Waals surface area contributed by atoms with Gasteiger partial charge >= 0.3 is 0 Å². The molecule has 0 bridgehead atoms. The number of aryl methyl sites for hydroxylation is 1. The monoisotopic (exact) mass is 281 g/mol. The van der Waals surface area contributed by atoms with E-state index in [1.807, 2.05) is 30.3 Å². The van der Waals surface area contributed by atoms with Crippen molar-refractivity contribution in [3.05, 3.63) is 72.2 Å². The summed E-state index contributed by atoms with van der Waals surface area (Å²) in [6.07, 6.45) is 0. The first kappa shape index (κ1) is 13.4. The normalized spacial score (nSPS) is 10.6. The minimum Gasteiger partial charge on any atom is -0.497 e. The second kappa shape index (κ2) is 5.44. The zero-order valence-electron chi connectivity index (χ0n) is 12.0. The number of methoxy groups -OCH3 is 1. The molecule has 2 aromatic carbocycles. The number of rotatable bonds is 3. The van der Waals surface area contributed by atoms with E-state index in [2.05, 4.69) is 17.6 Å². The molecular formula is C18H16FNO. The molecule has 0 aliphatic heterocycles. The lowest BCUT2D eigenvalue weighted by molar-refractivity contribution is 0.414. The summed E-state index contributed by atoms with van der Waals surface area (Å²) < 4.78 is 20.4. The van der Waals surface area contributed by atoms with Crippen LogP contribution in [0.2, 0.25) is 0 Å². The number of hydrogen-bond donors (Lipinski definition) is 0. The first-order chi connectivity index (χ1) is 10.2. The average molecular weight is 281 g/mol. The molecule has 0 aliphatic carbocycles. The van der Waals surface area contributed by atoms with Gasteiger partial charge in [0, 0.05) is 11.4 Å². The van der Waals surface area contributed by atoms with Crippen LogP contribution in [-0.4, -0.2) is 11.7 Å². The van der Waals surface area contributed by atoms with Gasteiger partial charge < -0.3 is 9.30 Å². The third-order valence-electron chi connectivity index (χ3n) is 3.55. The highest BCUT2D eigenvalue weighted by Gasteiger charge is 2.09. The number of ether oxygens (including phenoxy) is 1. The van der Waals surface area contributed by atoms with Crippen LogP contribution in [0.4, 0.5) is 4.39 Å². The molecule has 0 amide bonds.